The molecule has 3 rings (SSSR count). The zero-order valence-corrected chi connectivity index (χ0v) is 9.61. The first-order valence-corrected chi connectivity index (χ1v) is 6.52. The molecule has 3 atom stereocenters. The maximum Gasteiger partial charge on any atom is 0.221 e. The van der Waals surface area contributed by atoms with Gasteiger partial charge in [0.05, 0.1) is 0 Å². The van der Waals surface area contributed by atoms with Crippen molar-refractivity contribution in [2.45, 2.75) is 44.2 Å². The molecule has 0 heterocycles. The lowest BCUT2D eigenvalue weighted by atomic mass is 9.71. The van der Waals surface area contributed by atoms with Crippen LogP contribution in [0.3, 0.4) is 0 Å². The molecule has 3 unspecified atom stereocenters. The van der Waals surface area contributed by atoms with E-state index in [9.17, 15) is 4.79 Å². The molecule has 2 N–H and O–H groups in total. The largest absolute Gasteiger partial charge is 0.353 e. The first-order chi connectivity index (χ1) is 7.83. The van der Waals surface area contributed by atoms with E-state index in [1.807, 2.05) is 0 Å². The normalized spacial score (nSPS) is 35.6. The summed E-state index contributed by atoms with van der Waals surface area (Å²) in [6.45, 7) is 0.834. The summed E-state index contributed by atoms with van der Waals surface area (Å²) in [4.78, 5) is 11.4. The van der Waals surface area contributed by atoms with Gasteiger partial charge in [0.2, 0.25) is 5.91 Å². The summed E-state index contributed by atoms with van der Waals surface area (Å²) in [6, 6.07) is 1.14. The third kappa shape index (κ3) is 2.14. The third-order valence-electron chi connectivity index (χ3n) is 4.06. The molecule has 3 heteroatoms. The van der Waals surface area contributed by atoms with E-state index in [1.165, 1.54) is 25.7 Å². The standard InChI is InChI=1S/C13H20N2O/c16-13(15-10-4-5-10)6-7-14-12-8-9-2-1-3-11(9)12/h1,3,9-12,14H,2,4-8H2,(H,15,16). The van der Waals surface area contributed by atoms with Gasteiger partial charge in [-0.25, -0.2) is 0 Å². The molecule has 16 heavy (non-hydrogen) atoms. The molecule has 0 spiro atoms. The molecule has 0 saturated heterocycles. The van der Waals surface area contributed by atoms with Crippen LogP contribution in [-0.2, 0) is 4.79 Å². The fourth-order valence-corrected chi connectivity index (χ4v) is 2.85. The minimum absolute atomic E-state index is 0.216. The summed E-state index contributed by atoms with van der Waals surface area (Å²) in [5.74, 6) is 1.87. The average Bonchev–Trinajstić information content (AvgIpc) is 2.96. The van der Waals surface area contributed by atoms with Gasteiger partial charge in [-0.2, -0.15) is 0 Å². The number of nitrogens with one attached hydrogen (secondary N) is 2. The highest BCUT2D eigenvalue weighted by molar-refractivity contribution is 5.76. The Morgan fingerprint density at radius 3 is 3.00 bits per heavy atom. The molecular formula is C13H20N2O. The number of hydrogen-bond acceptors (Lipinski definition) is 2. The van der Waals surface area contributed by atoms with Crippen molar-refractivity contribution in [3.63, 3.8) is 0 Å². The van der Waals surface area contributed by atoms with Gasteiger partial charge in [-0.05, 0) is 37.5 Å². The predicted octanol–water partition coefficient (Wildman–Crippen LogP) is 1.21. The Morgan fingerprint density at radius 1 is 1.38 bits per heavy atom. The monoisotopic (exact) mass is 220 g/mol. The van der Waals surface area contributed by atoms with Gasteiger partial charge in [0.25, 0.3) is 0 Å². The molecule has 3 nitrogen and oxygen atoms in total. The molecular weight excluding hydrogens is 200 g/mol. The highest BCUT2D eigenvalue weighted by atomic mass is 16.1. The van der Waals surface area contributed by atoms with Gasteiger partial charge >= 0.3 is 0 Å². The van der Waals surface area contributed by atoms with Crippen LogP contribution in [0.1, 0.15) is 32.1 Å². The van der Waals surface area contributed by atoms with Gasteiger partial charge in [0.15, 0.2) is 0 Å². The van der Waals surface area contributed by atoms with Crippen LogP contribution in [0.4, 0.5) is 0 Å². The maximum atomic E-state index is 11.4. The van der Waals surface area contributed by atoms with Crippen molar-refractivity contribution in [1.82, 2.24) is 10.6 Å². The van der Waals surface area contributed by atoms with E-state index in [0.29, 0.717) is 18.5 Å². The molecule has 0 aromatic heterocycles. The quantitative estimate of drug-likeness (QED) is 0.684. The zero-order chi connectivity index (χ0) is 11.0. The summed E-state index contributed by atoms with van der Waals surface area (Å²) < 4.78 is 0. The number of rotatable bonds is 5. The minimum Gasteiger partial charge on any atom is -0.353 e. The summed E-state index contributed by atoms with van der Waals surface area (Å²) >= 11 is 0. The summed E-state index contributed by atoms with van der Waals surface area (Å²) in [6.07, 6.45) is 10.2. The molecule has 0 radical (unpaired) electrons. The molecule has 2 fully saturated rings. The Kier molecular flexibility index (Phi) is 2.72. The summed E-state index contributed by atoms with van der Waals surface area (Å²) in [5, 5.41) is 6.52. The van der Waals surface area contributed by atoms with Crippen molar-refractivity contribution in [2.75, 3.05) is 6.54 Å². The number of carbonyl (C=O) groups excluding carboxylic acids is 1. The van der Waals surface area contributed by atoms with Gasteiger partial charge in [-0.1, -0.05) is 12.2 Å². The first kappa shape index (κ1) is 10.3. The van der Waals surface area contributed by atoms with Crippen molar-refractivity contribution in [1.29, 1.82) is 0 Å². The zero-order valence-electron chi connectivity index (χ0n) is 9.61. The lowest BCUT2D eigenvalue weighted by molar-refractivity contribution is -0.121. The molecule has 3 aliphatic rings. The molecule has 0 aromatic carbocycles. The van der Waals surface area contributed by atoms with E-state index < -0.39 is 0 Å². The average molecular weight is 220 g/mol. The predicted molar refractivity (Wildman–Crippen MR) is 62.9 cm³/mol. The van der Waals surface area contributed by atoms with Crippen LogP contribution >= 0.6 is 0 Å². The number of amides is 1. The Bertz CT molecular complexity index is 309. The number of carbonyl (C=O) groups is 1. The molecule has 0 aromatic rings. The molecule has 1 amide bonds. The van der Waals surface area contributed by atoms with Crippen molar-refractivity contribution < 1.29 is 4.79 Å². The maximum absolute atomic E-state index is 11.4. The fourth-order valence-electron chi connectivity index (χ4n) is 2.85. The van der Waals surface area contributed by atoms with E-state index >= 15 is 0 Å². The second-order valence-electron chi connectivity index (χ2n) is 5.39. The topological polar surface area (TPSA) is 41.1 Å². The highest BCUT2D eigenvalue weighted by Gasteiger charge is 2.40. The number of allylic oxidation sites excluding steroid dienone is 1. The van der Waals surface area contributed by atoms with E-state index in [2.05, 4.69) is 22.8 Å². The van der Waals surface area contributed by atoms with Crippen LogP contribution in [0, 0.1) is 11.8 Å². The smallest absolute Gasteiger partial charge is 0.221 e. The Balaban J connectivity index is 1.31. The minimum atomic E-state index is 0.216. The van der Waals surface area contributed by atoms with Gasteiger partial charge in [0.1, 0.15) is 0 Å². The number of fused-ring (bicyclic) bond motifs is 1. The lowest BCUT2D eigenvalue weighted by Gasteiger charge is -2.40. The van der Waals surface area contributed by atoms with Crippen LogP contribution < -0.4 is 10.6 Å². The van der Waals surface area contributed by atoms with Crippen molar-refractivity contribution in [3.05, 3.63) is 12.2 Å². The van der Waals surface area contributed by atoms with Crippen LogP contribution in [-0.4, -0.2) is 24.5 Å². The van der Waals surface area contributed by atoms with Gasteiger partial charge in [0, 0.05) is 25.0 Å². The SMILES string of the molecule is O=C(CCNC1CC2CC=CC21)NC1CC1. The van der Waals surface area contributed by atoms with Gasteiger partial charge in [-0.3, -0.25) is 4.79 Å². The first-order valence-electron chi connectivity index (χ1n) is 6.52. The summed E-state index contributed by atoms with van der Waals surface area (Å²) in [5.41, 5.74) is 0. The third-order valence-corrected chi connectivity index (χ3v) is 4.06. The Morgan fingerprint density at radius 2 is 2.25 bits per heavy atom. The molecule has 88 valence electrons. The molecule has 0 aliphatic heterocycles. The van der Waals surface area contributed by atoms with Crippen molar-refractivity contribution in [3.8, 4) is 0 Å². The Labute approximate surface area is 96.7 Å². The van der Waals surface area contributed by atoms with Crippen LogP contribution in [0.25, 0.3) is 0 Å². The van der Waals surface area contributed by atoms with E-state index in [4.69, 9.17) is 0 Å². The second kappa shape index (κ2) is 4.21. The number of hydrogen-bond donors (Lipinski definition) is 2. The van der Waals surface area contributed by atoms with E-state index in [0.717, 1.165) is 18.4 Å². The molecule has 0 bridgehead atoms. The van der Waals surface area contributed by atoms with Crippen molar-refractivity contribution >= 4 is 5.91 Å². The van der Waals surface area contributed by atoms with Crippen LogP contribution in [0.15, 0.2) is 12.2 Å². The fraction of sp³-hybridized carbons (Fsp3) is 0.769. The van der Waals surface area contributed by atoms with Gasteiger partial charge in [-0.15, -0.1) is 0 Å². The van der Waals surface area contributed by atoms with E-state index in [-0.39, 0.29) is 5.91 Å². The van der Waals surface area contributed by atoms with Crippen LogP contribution in [0.2, 0.25) is 0 Å². The van der Waals surface area contributed by atoms with Crippen molar-refractivity contribution in [2.24, 2.45) is 11.8 Å². The highest BCUT2D eigenvalue weighted by Crippen LogP contribution is 2.42. The van der Waals surface area contributed by atoms with E-state index in [1.54, 1.807) is 0 Å². The van der Waals surface area contributed by atoms with Gasteiger partial charge < -0.3 is 10.6 Å². The van der Waals surface area contributed by atoms with Crippen LogP contribution in [0.5, 0.6) is 0 Å². The lowest BCUT2D eigenvalue weighted by Crippen LogP contribution is -2.48. The summed E-state index contributed by atoms with van der Waals surface area (Å²) in [7, 11) is 0. The molecule has 3 aliphatic carbocycles. The Hall–Kier alpha value is -0.830. The molecule has 2 saturated carbocycles. The second-order valence-corrected chi connectivity index (χ2v) is 5.39.